The second-order valence-electron chi connectivity index (χ2n) is 6.20. The third-order valence-corrected chi connectivity index (χ3v) is 5.14. The van der Waals surface area contributed by atoms with Gasteiger partial charge in [-0.15, -0.1) is 13.2 Å². The highest BCUT2D eigenvalue weighted by Crippen LogP contribution is 2.26. The second kappa shape index (κ2) is 9.44. The van der Waals surface area contributed by atoms with Gasteiger partial charge in [0.25, 0.3) is 0 Å². The molecule has 0 aliphatic heterocycles. The second-order valence-corrected chi connectivity index (χ2v) is 7.47. The lowest BCUT2D eigenvalue weighted by Gasteiger charge is -2.20. The number of amides is 1. The third kappa shape index (κ3) is 5.93. The van der Waals surface area contributed by atoms with E-state index in [1.807, 2.05) is 6.92 Å². The standard InChI is InChI=1S/C20H17ClF3N3O2S/c1-2-27(15-7-5-14(21)6-8-15)18(28)12-11-17-25-19(26-30-17)13-3-9-16(10-4-13)29-20(22,23)24/h3-10H,2,11-12H2,1H3. The molecule has 158 valence electrons. The van der Waals surface area contributed by atoms with Crippen molar-refractivity contribution in [2.24, 2.45) is 0 Å². The number of halogens is 4. The first-order valence-corrected chi connectivity index (χ1v) is 10.1. The van der Waals surface area contributed by atoms with Crippen LogP contribution >= 0.6 is 23.1 Å². The molecule has 0 atom stereocenters. The van der Waals surface area contributed by atoms with Crippen LogP contribution in [-0.2, 0) is 11.2 Å². The Morgan fingerprint density at radius 1 is 1.13 bits per heavy atom. The Morgan fingerprint density at radius 2 is 1.80 bits per heavy atom. The Labute approximate surface area is 180 Å². The topological polar surface area (TPSA) is 55.3 Å². The number of ether oxygens (including phenoxy) is 1. The first-order chi connectivity index (χ1) is 14.2. The molecule has 0 bridgehead atoms. The Hall–Kier alpha value is -2.65. The quantitative estimate of drug-likeness (QED) is 0.455. The minimum atomic E-state index is -4.74. The predicted octanol–water partition coefficient (Wildman–Crippen LogP) is 5.74. The molecule has 0 aliphatic rings. The minimum absolute atomic E-state index is 0.0507. The fourth-order valence-electron chi connectivity index (χ4n) is 2.75. The summed E-state index contributed by atoms with van der Waals surface area (Å²) < 4.78 is 44.8. The van der Waals surface area contributed by atoms with E-state index in [0.29, 0.717) is 34.4 Å². The van der Waals surface area contributed by atoms with E-state index >= 15 is 0 Å². The van der Waals surface area contributed by atoms with Crippen molar-refractivity contribution in [2.45, 2.75) is 26.1 Å². The van der Waals surface area contributed by atoms with Crippen LogP contribution in [0.2, 0.25) is 5.02 Å². The number of nitrogens with zero attached hydrogens (tertiary/aromatic N) is 3. The molecule has 3 aromatic rings. The molecule has 0 saturated carbocycles. The van der Waals surface area contributed by atoms with Gasteiger partial charge in [-0.3, -0.25) is 4.79 Å². The third-order valence-electron chi connectivity index (χ3n) is 4.12. The van der Waals surface area contributed by atoms with Crippen LogP contribution in [0.5, 0.6) is 5.75 Å². The van der Waals surface area contributed by atoms with Crippen molar-refractivity contribution in [3.05, 3.63) is 58.6 Å². The average Bonchev–Trinajstić information content (AvgIpc) is 3.17. The Kier molecular flexibility index (Phi) is 6.94. The van der Waals surface area contributed by atoms with E-state index in [2.05, 4.69) is 14.1 Å². The summed E-state index contributed by atoms with van der Waals surface area (Å²) in [6.45, 7) is 2.41. The summed E-state index contributed by atoms with van der Waals surface area (Å²) in [4.78, 5) is 18.7. The molecule has 0 saturated heterocycles. The Bertz CT molecular complexity index is 992. The van der Waals surface area contributed by atoms with Gasteiger partial charge >= 0.3 is 6.36 Å². The molecule has 0 fully saturated rings. The molecular weight excluding hydrogens is 439 g/mol. The lowest BCUT2D eigenvalue weighted by atomic mass is 10.2. The molecule has 0 radical (unpaired) electrons. The molecule has 1 amide bonds. The zero-order valence-corrected chi connectivity index (χ0v) is 17.4. The number of anilines is 1. The predicted molar refractivity (Wildman–Crippen MR) is 110 cm³/mol. The molecule has 5 nitrogen and oxygen atoms in total. The van der Waals surface area contributed by atoms with Gasteiger partial charge < -0.3 is 9.64 Å². The number of carbonyl (C=O) groups is 1. The number of aryl methyl sites for hydroxylation is 1. The van der Waals surface area contributed by atoms with Crippen molar-refractivity contribution in [1.29, 1.82) is 0 Å². The van der Waals surface area contributed by atoms with Crippen molar-refractivity contribution in [1.82, 2.24) is 9.36 Å². The zero-order valence-electron chi connectivity index (χ0n) is 15.8. The van der Waals surface area contributed by atoms with Gasteiger partial charge in [-0.05, 0) is 67.0 Å². The number of carbonyl (C=O) groups excluding carboxylic acids is 1. The van der Waals surface area contributed by atoms with Gasteiger partial charge in [0, 0.05) is 35.7 Å². The summed E-state index contributed by atoms with van der Waals surface area (Å²) in [6, 6.07) is 12.4. The first-order valence-electron chi connectivity index (χ1n) is 9.00. The lowest BCUT2D eigenvalue weighted by molar-refractivity contribution is -0.274. The van der Waals surface area contributed by atoms with Crippen molar-refractivity contribution in [2.75, 3.05) is 11.4 Å². The van der Waals surface area contributed by atoms with Gasteiger partial charge in [-0.25, -0.2) is 4.98 Å². The summed E-state index contributed by atoms with van der Waals surface area (Å²) in [6.07, 6.45) is -4.07. The van der Waals surface area contributed by atoms with Crippen molar-refractivity contribution >= 4 is 34.7 Å². The van der Waals surface area contributed by atoms with E-state index in [0.717, 1.165) is 17.2 Å². The SMILES string of the molecule is CCN(C(=O)CCc1nc(-c2ccc(OC(F)(F)F)cc2)ns1)c1ccc(Cl)cc1. The van der Waals surface area contributed by atoms with Gasteiger partial charge in [0.15, 0.2) is 5.82 Å². The normalized spacial score (nSPS) is 11.4. The smallest absolute Gasteiger partial charge is 0.406 e. The van der Waals surface area contributed by atoms with Gasteiger partial charge in [-0.2, -0.15) is 4.37 Å². The number of hydrogen-bond acceptors (Lipinski definition) is 5. The van der Waals surface area contributed by atoms with Crippen LogP contribution < -0.4 is 9.64 Å². The summed E-state index contributed by atoms with van der Waals surface area (Å²) in [5, 5.41) is 1.27. The number of alkyl halides is 3. The van der Waals surface area contributed by atoms with Gasteiger partial charge in [-0.1, -0.05) is 11.6 Å². The summed E-state index contributed by atoms with van der Waals surface area (Å²) in [5.41, 5.74) is 1.33. The van der Waals surface area contributed by atoms with Crippen LogP contribution in [0.15, 0.2) is 48.5 Å². The molecule has 0 unspecified atom stereocenters. The minimum Gasteiger partial charge on any atom is -0.406 e. The Balaban J connectivity index is 1.61. The van der Waals surface area contributed by atoms with Crippen LogP contribution in [0.1, 0.15) is 18.4 Å². The van der Waals surface area contributed by atoms with Crippen LogP contribution in [0.4, 0.5) is 18.9 Å². The fourth-order valence-corrected chi connectivity index (χ4v) is 3.54. The van der Waals surface area contributed by atoms with Gasteiger partial charge in [0.2, 0.25) is 5.91 Å². The van der Waals surface area contributed by atoms with E-state index in [1.165, 1.54) is 24.3 Å². The lowest BCUT2D eigenvalue weighted by Crippen LogP contribution is -2.30. The van der Waals surface area contributed by atoms with Crippen LogP contribution in [0.3, 0.4) is 0 Å². The molecule has 1 aromatic heterocycles. The molecule has 0 N–H and O–H groups in total. The van der Waals surface area contributed by atoms with Gasteiger partial charge in [0.05, 0.1) is 0 Å². The molecule has 30 heavy (non-hydrogen) atoms. The zero-order chi connectivity index (χ0) is 21.7. The number of benzene rings is 2. The van der Waals surface area contributed by atoms with E-state index in [1.54, 1.807) is 29.2 Å². The first kappa shape index (κ1) is 22.0. The fraction of sp³-hybridized carbons (Fsp3) is 0.250. The maximum atomic E-state index is 12.6. The molecule has 0 aliphatic carbocycles. The Morgan fingerprint density at radius 3 is 2.40 bits per heavy atom. The van der Waals surface area contributed by atoms with Gasteiger partial charge in [0.1, 0.15) is 10.8 Å². The summed E-state index contributed by atoms with van der Waals surface area (Å²) >= 11 is 7.05. The average molecular weight is 456 g/mol. The largest absolute Gasteiger partial charge is 0.573 e. The highest BCUT2D eigenvalue weighted by Gasteiger charge is 2.31. The monoisotopic (exact) mass is 455 g/mol. The summed E-state index contributed by atoms with van der Waals surface area (Å²) in [7, 11) is 0. The number of hydrogen-bond donors (Lipinski definition) is 0. The molecule has 2 aromatic carbocycles. The van der Waals surface area contributed by atoms with Crippen LogP contribution in [0, 0.1) is 0 Å². The molecule has 1 heterocycles. The van der Waals surface area contributed by atoms with E-state index in [4.69, 9.17) is 11.6 Å². The van der Waals surface area contributed by atoms with Crippen molar-refractivity contribution < 1.29 is 22.7 Å². The molecular formula is C20H17ClF3N3O2S. The molecule has 10 heteroatoms. The summed E-state index contributed by atoms with van der Waals surface area (Å²) in [5.74, 6) is 0.0328. The maximum absolute atomic E-state index is 12.6. The number of rotatable bonds is 7. The molecule has 0 spiro atoms. The van der Waals surface area contributed by atoms with Crippen LogP contribution in [-0.4, -0.2) is 28.2 Å². The van der Waals surface area contributed by atoms with E-state index in [9.17, 15) is 18.0 Å². The van der Waals surface area contributed by atoms with Crippen molar-refractivity contribution in [3.8, 4) is 17.1 Å². The number of aromatic nitrogens is 2. The van der Waals surface area contributed by atoms with E-state index in [-0.39, 0.29) is 18.1 Å². The highest BCUT2D eigenvalue weighted by molar-refractivity contribution is 7.05. The van der Waals surface area contributed by atoms with E-state index < -0.39 is 6.36 Å². The highest BCUT2D eigenvalue weighted by atomic mass is 35.5. The van der Waals surface area contributed by atoms with Crippen LogP contribution in [0.25, 0.3) is 11.4 Å². The van der Waals surface area contributed by atoms with Crippen molar-refractivity contribution in [3.63, 3.8) is 0 Å². The maximum Gasteiger partial charge on any atom is 0.573 e. The molecule has 3 rings (SSSR count).